The summed E-state index contributed by atoms with van der Waals surface area (Å²) in [6.45, 7) is 5.65. The number of ether oxygens (including phenoxy) is 1. The lowest BCUT2D eigenvalue weighted by atomic mass is 10.1. The minimum Gasteiger partial charge on any atom is -0.437 e. The molecule has 19 heavy (non-hydrogen) atoms. The molecule has 0 atom stereocenters. The van der Waals surface area contributed by atoms with Crippen molar-refractivity contribution in [1.29, 1.82) is 5.26 Å². The summed E-state index contributed by atoms with van der Waals surface area (Å²) >= 11 is 0. The summed E-state index contributed by atoms with van der Waals surface area (Å²) in [5.74, 6) is 0.996. The standard InChI is InChI=1S/C15H15N3O/c1-9-6-11(3)18-15(13(9)8-16)19-14-5-4-12(17)7-10(14)2/h4-7H,17H2,1-3H3. The number of nitrogens with zero attached hydrogens (tertiary/aromatic N) is 2. The minimum atomic E-state index is 0.341. The lowest BCUT2D eigenvalue weighted by molar-refractivity contribution is 0.456. The van der Waals surface area contributed by atoms with E-state index in [0.717, 1.165) is 16.8 Å². The average Bonchev–Trinajstić information content (AvgIpc) is 2.32. The van der Waals surface area contributed by atoms with Crippen LogP contribution in [0.4, 0.5) is 5.69 Å². The van der Waals surface area contributed by atoms with Crippen molar-refractivity contribution in [2.24, 2.45) is 0 Å². The molecule has 0 aliphatic carbocycles. The van der Waals surface area contributed by atoms with Gasteiger partial charge in [0.15, 0.2) is 0 Å². The van der Waals surface area contributed by atoms with E-state index in [4.69, 9.17) is 10.5 Å². The van der Waals surface area contributed by atoms with Crippen molar-refractivity contribution >= 4 is 5.69 Å². The van der Waals surface area contributed by atoms with Crippen molar-refractivity contribution in [3.8, 4) is 17.7 Å². The van der Waals surface area contributed by atoms with Crippen molar-refractivity contribution < 1.29 is 4.74 Å². The Bertz CT molecular complexity index is 672. The number of hydrogen-bond acceptors (Lipinski definition) is 4. The summed E-state index contributed by atoms with van der Waals surface area (Å²) in [6, 6.07) is 9.36. The normalized spacial score (nSPS) is 10.0. The van der Waals surface area contributed by atoms with Crippen LogP contribution in [0.1, 0.15) is 22.4 Å². The van der Waals surface area contributed by atoms with Crippen molar-refractivity contribution in [3.05, 3.63) is 46.6 Å². The molecule has 2 N–H and O–H groups in total. The second-order valence-corrected chi connectivity index (χ2v) is 4.50. The third-order valence-electron chi connectivity index (χ3n) is 2.83. The van der Waals surface area contributed by atoms with Gasteiger partial charge in [0.25, 0.3) is 0 Å². The Hall–Kier alpha value is -2.54. The molecule has 0 saturated heterocycles. The molecule has 0 aliphatic rings. The number of hydrogen-bond donors (Lipinski definition) is 1. The number of nitriles is 1. The van der Waals surface area contributed by atoms with Gasteiger partial charge in [-0.1, -0.05) is 0 Å². The first-order valence-corrected chi connectivity index (χ1v) is 5.93. The quantitative estimate of drug-likeness (QED) is 0.834. The molecular weight excluding hydrogens is 238 g/mol. The number of nitrogens with two attached hydrogens (primary N) is 1. The Morgan fingerprint density at radius 1 is 1.16 bits per heavy atom. The van der Waals surface area contributed by atoms with Crippen LogP contribution in [-0.2, 0) is 0 Å². The number of benzene rings is 1. The fourth-order valence-corrected chi connectivity index (χ4v) is 1.90. The molecule has 0 spiro atoms. The van der Waals surface area contributed by atoms with E-state index in [9.17, 15) is 5.26 Å². The number of nitrogen functional groups attached to an aromatic ring is 1. The molecule has 2 aromatic rings. The number of pyridine rings is 1. The highest BCUT2D eigenvalue weighted by Gasteiger charge is 2.12. The second kappa shape index (κ2) is 4.99. The molecule has 1 aromatic heterocycles. The molecule has 96 valence electrons. The first-order valence-electron chi connectivity index (χ1n) is 5.93. The maximum absolute atomic E-state index is 9.19. The van der Waals surface area contributed by atoms with Crippen LogP contribution in [0.15, 0.2) is 24.3 Å². The predicted octanol–water partition coefficient (Wildman–Crippen LogP) is 3.25. The Labute approximate surface area is 112 Å². The molecule has 0 unspecified atom stereocenters. The Morgan fingerprint density at radius 2 is 1.89 bits per heavy atom. The van der Waals surface area contributed by atoms with E-state index in [1.54, 1.807) is 12.1 Å². The largest absolute Gasteiger partial charge is 0.437 e. The van der Waals surface area contributed by atoms with Crippen LogP contribution in [0, 0.1) is 32.1 Å². The minimum absolute atomic E-state index is 0.341. The molecule has 0 radical (unpaired) electrons. The zero-order chi connectivity index (χ0) is 14.0. The van der Waals surface area contributed by atoms with Gasteiger partial charge in [-0.05, 0) is 56.2 Å². The van der Waals surface area contributed by atoms with Crippen LogP contribution >= 0.6 is 0 Å². The summed E-state index contributed by atoms with van der Waals surface area (Å²) < 4.78 is 5.76. The fourth-order valence-electron chi connectivity index (χ4n) is 1.90. The summed E-state index contributed by atoms with van der Waals surface area (Å²) in [7, 11) is 0. The van der Waals surface area contributed by atoms with E-state index in [1.807, 2.05) is 32.9 Å². The third-order valence-corrected chi connectivity index (χ3v) is 2.83. The van der Waals surface area contributed by atoms with Crippen molar-refractivity contribution in [2.75, 3.05) is 5.73 Å². The van der Waals surface area contributed by atoms with Gasteiger partial charge in [-0.15, -0.1) is 0 Å². The van der Waals surface area contributed by atoms with Crippen LogP contribution < -0.4 is 10.5 Å². The monoisotopic (exact) mass is 253 g/mol. The van der Waals surface area contributed by atoms with Gasteiger partial charge in [-0.2, -0.15) is 5.26 Å². The molecule has 0 bridgehead atoms. The van der Waals surface area contributed by atoms with E-state index in [-0.39, 0.29) is 0 Å². The Balaban J connectivity index is 2.46. The van der Waals surface area contributed by atoms with E-state index < -0.39 is 0 Å². The molecule has 4 heteroatoms. The Kier molecular flexibility index (Phi) is 3.39. The van der Waals surface area contributed by atoms with E-state index >= 15 is 0 Å². The van der Waals surface area contributed by atoms with E-state index in [2.05, 4.69) is 11.1 Å². The van der Waals surface area contributed by atoms with Gasteiger partial charge >= 0.3 is 0 Å². The van der Waals surface area contributed by atoms with Crippen LogP contribution in [-0.4, -0.2) is 4.98 Å². The maximum Gasteiger partial charge on any atom is 0.237 e. The first-order chi connectivity index (χ1) is 9.01. The maximum atomic E-state index is 9.19. The fraction of sp³-hybridized carbons (Fsp3) is 0.200. The molecule has 0 amide bonds. The zero-order valence-corrected chi connectivity index (χ0v) is 11.2. The van der Waals surface area contributed by atoms with Crippen LogP contribution in [0.2, 0.25) is 0 Å². The summed E-state index contributed by atoms with van der Waals surface area (Å²) in [5.41, 5.74) is 9.43. The van der Waals surface area contributed by atoms with E-state index in [0.29, 0.717) is 22.9 Å². The van der Waals surface area contributed by atoms with Crippen LogP contribution in [0.25, 0.3) is 0 Å². The predicted molar refractivity (Wildman–Crippen MR) is 74.1 cm³/mol. The highest BCUT2D eigenvalue weighted by atomic mass is 16.5. The molecule has 0 fully saturated rings. The van der Waals surface area contributed by atoms with Crippen LogP contribution in [0.5, 0.6) is 11.6 Å². The highest BCUT2D eigenvalue weighted by molar-refractivity contribution is 5.51. The lowest BCUT2D eigenvalue weighted by Crippen LogP contribution is -1.98. The number of anilines is 1. The molecule has 0 aliphatic heterocycles. The number of rotatable bonds is 2. The molecule has 2 rings (SSSR count). The first kappa shape index (κ1) is 12.9. The third kappa shape index (κ3) is 2.66. The van der Waals surface area contributed by atoms with Gasteiger partial charge in [0.2, 0.25) is 5.88 Å². The lowest BCUT2D eigenvalue weighted by Gasteiger charge is -2.11. The van der Waals surface area contributed by atoms with Gasteiger partial charge in [0, 0.05) is 11.4 Å². The summed E-state index contributed by atoms with van der Waals surface area (Å²) in [5, 5.41) is 9.19. The summed E-state index contributed by atoms with van der Waals surface area (Å²) in [6.07, 6.45) is 0. The summed E-state index contributed by atoms with van der Waals surface area (Å²) in [4.78, 5) is 4.29. The number of aryl methyl sites for hydroxylation is 3. The topological polar surface area (TPSA) is 71.9 Å². The van der Waals surface area contributed by atoms with Crippen LogP contribution in [0.3, 0.4) is 0 Å². The molecule has 0 saturated carbocycles. The van der Waals surface area contributed by atoms with Gasteiger partial charge in [0.05, 0.1) is 0 Å². The smallest absolute Gasteiger partial charge is 0.237 e. The molecule has 1 aromatic carbocycles. The average molecular weight is 253 g/mol. The van der Waals surface area contributed by atoms with Crippen molar-refractivity contribution in [2.45, 2.75) is 20.8 Å². The highest BCUT2D eigenvalue weighted by Crippen LogP contribution is 2.29. The molecule has 4 nitrogen and oxygen atoms in total. The van der Waals surface area contributed by atoms with Gasteiger partial charge in [0.1, 0.15) is 17.4 Å². The molecular formula is C15H15N3O. The van der Waals surface area contributed by atoms with Crippen molar-refractivity contribution in [1.82, 2.24) is 4.98 Å². The number of aromatic nitrogens is 1. The van der Waals surface area contributed by atoms with Gasteiger partial charge in [-0.3, -0.25) is 0 Å². The van der Waals surface area contributed by atoms with Crippen molar-refractivity contribution in [3.63, 3.8) is 0 Å². The van der Waals surface area contributed by atoms with E-state index in [1.165, 1.54) is 0 Å². The van der Waals surface area contributed by atoms with Gasteiger partial charge < -0.3 is 10.5 Å². The van der Waals surface area contributed by atoms with Gasteiger partial charge in [-0.25, -0.2) is 4.98 Å². The molecule has 1 heterocycles. The zero-order valence-electron chi connectivity index (χ0n) is 11.2. The SMILES string of the molecule is Cc1cc(C)c(C#N)c(Oc2ccc(N)cc2C)n1. The Morgan fingerprint density at radius 3 is 2.53 bits per heavy atom. The second-order valence-electron chi connectivity index (χ2n) is 4.50.